The summed E-state index contributed by atoms with van der Waals surface area (Å²) in [5.41, 5.74) is 1.75. The highest BCUT2D eigenvalue weighted by atomic mass is 32.2. The van der Waals surface area contributed by atoms with Crippen molar-refractivity contribution in [2.45, 2.75) is 160 Å². The number of nitrogens with one attached hydrogen (secondary N) is 4. The van der Waals surface area contributed by atoms with Crippen LogP contribution in [0.25, 0.3) is 10.9 Å². The number of likely N-dealkylation sites (N-methyl/N-ethyl adjacent to an activating group) is 1. The van der Waals surface area contributed by atoms with E-state index in [1.54, 1.807) is 60.6 Å². The highest BCUT2D eigenvalue weighted by Gasteiger charge is 2.44. The lowest BCUT2D eigenvalue weighted by Crippen LogP contribution is -2.58. The first-order chi connectivity index (χ1) is 34.3. The topological polar surface area (TPSA) is 264 Å². The van der Waals surface area contributed by atoms with E-state index < -0.39 is 68.2 Å². The summed E-state index contributed by atoms with van der Waals surface area (Å²) in [6.45, 7) is 18.5. The molecule has 5 heterocycles. The quantitative estimate of drug-likeness (QED) is 0.107. The lowest BCUT2D eigenvalue weighted by Gasteiger charge is -2.35. The lowest BCUT2D eigenvalue weighted by molar-refractivity contribution is -0.142. The van der Waals surface area contributed by atoms with Crippen molar-refractivity contribution >= 4 is 67.9 Å². The van der Waals surface area contributed by atoms with Gasteiger partial charge in [0, 0.05) is 67.8 Å². The highest BCUT2D eigenvalue weighted by molar-refractivity contribution is 7.92. The molecule has 0 radical (unpaired) electrons. The number of nitrogens with zero attached hydrogens (tertiary/aromatic N) is 8. The van der Waals surface area contributed by atoms with Gasteiger partial charge in [0.05, 0.1) is 28.5 Å². The number of fused-ring (bicyclic) bond motifs is 1. The Hall–Kier alpha value is -6.45. The molecule has 4 amide bonds. The zero-order valence-corrected chi connectivity index (χ0v) is 44.8. The first-order valence-corrected chi connectivity index (χ1v) is 26.7. The van der Waals surface area contributed by atoms with Gasteiger partial charge in [-0.15, -0.1) is 0 Å². The number of piperidine rings is 1. The van der Waals surface area contributed by atoms with Crippen molar-refractivity contribution in [3.05, 3.63) is 47.7 Å². The average Bonchev–Trinajstić information content (AvgIpc) is 3.92. The van der Waals surface area contributed by atoms with E-state index in [0.717, 1.165) is 43.4 Å². The van der Waals surface area contributed by atoms with Crippen molar-refractivity contribution in [1.82, 2.24) is 50.6 Å². The molecule has 73 heavy (non-hydrogen) atoms. The molecule has 3 aliphatic rings. The summed E-state index contributed by atoms with van der Waals surface area (Å²) in [5, 5.41) is 16.9. The molecule has 0 unspecified atom stereocenters. The molecule has 1 aromatic carbocycles. The molecule has 3 aromatic heterocycles. The summed E-state index contributed by atoms with van der Waals surface area (Å²) in [7, 11) is -2.40. The first-order valence-electron chi connectivity index (χ1n) is 25.2. The number of Topliss-reactive ketones (excluding diaryl/α,β-unsaturated/α-hetero) is 1. The number of aromatic amines is 1. The molecule has 0 bridgehead atoms. The standard InChI is InChI=1S/C51H72N12O9S/c1-29-30(2)59-60-43(29)58-44-37-22-41(73(69,70)51(8,9)10)40(23-38(37)54-28-55-44)71-27-33-17-19-62(20-18-33)48-52-24-35(25-53-48)46(66)56-36-21-39(32(4)64)63(26-36)47(67)42(34-15-13-12-14-16-34)57-45(65)31(3)61(11)49(68)72-50(5,6)7/h22-25,28,31,33-34,36,39,42H,12-21,26-27H2,1-11H3,(H,56,66)(H,57,65)(H2,54,55,58,59,60)/t31-,36-,39-,42-/m0/s1. The van der Waals surface area contributed by atoms with Crippen LogP contribution in [0.5, 0.6) is 5.75 Å². The van der Waals surface area contributed by atoms with Gasteiger partial charge in [0.25, 0.3) is 5.91 Å². The minimum Gasteiger partial charge on any atom is -0.492 e. The van der Waals surface area contributed by atoms with E-state index >= 15 is 0 Å². The molecule has 0 spiro atoms. The van der Waals surface area contributed by atoms with Crippen molar-refractivity contribution in [3.8, 4) is 5.75 Å². The predicted molar refractivity (Wildman–Crippen MR) is 274 cm³/mol. The maximum atomic E-state index is 14.5. The molecule has 396 valence electrons. The number of sulfone groups is 1. The molecule has 21 nitrogen and oxygen atoms in total. The second-order valence-electron chi connectivity index (χ2n) is 21.8. The van der Waals surface area contributed by atoms with Crippen LogP contribution in [0.2, 0.25) is 0 Å². The Labute approximate surface area is 427 Å². The van der Waals surface area contributed by atoms with Gasteiger partial charge in [0.1, 0.15) is 40.5 Å². The molecule has 2 saturated heterocycles. The Morgan fingerprint density at radius 1 is 0.918 bits per heavy atom. The van der Waals surface area contributed by atoms with E-state index in [1.807, 2.05) is 18.7 Å². The van der Waals surface area contributed by atoms with Crippen LogP contribution in [0.15, 0.2) is 35.7 Å². The molecule has 4 atom stereocenters. The van der Waals surface area contributed by atoms with Crippen molar-refractivity contribution < 1.29 is 41.9 Å². The third-order valence-electron chi connectivity index (χ3n) is 14.3. The first kappa shape index (κ1) is 54.3. The summed E-state index contributed by atoms with van der Waals surface area (Å²) >= 11 is 0. The highest BCUT2D eigenvalue weighted by Crippen LogP contribution is 2.38. The third-order valence-corrected chi connectivity index (χ3v) is 16.8. The van der Waals surface area contributed by atoms with E-state index in [4.69, 9.17) is 9.47 Å². The Morgan fingerprint density at radius 2 is 1.59 bits per heavy atom. The number of aryl methyl sites for hydroxylation is 1. The normalized spacial score (nSPS) is 19.0. The summed E-state index contributed by atoms with van der Waals surface area (Å²) < 4.78 is 38.8. The van der Waals surface area contributed by atoms with Crippen molar-refractivity contribution in [3.63, 3.8) is 0 Å². The number of rotatable bonds is 15. The van der Waals surface area contributed by atoms with E-state index in [2.05, 4.69) is 46.1 Å². The monoisotopic (exact) mass is 1030 g/mol. The summed E-state index contributed by atoms with van der Waals surface area (Å²) in [6, 6.07) is -0.0120. The summed E-state index contributed by atoms with van der Waals surface area (Å²) in [5.74, 6) is -0.0131. The van der Waals surface area contributed by atoms with Crippen LogP contribution in [-0.4, -0.2) is 146 Å². The fraction of sp³-hybridized carbons (Fsp3) is 0.608. The number of likely N-dealkylation sites (tertiary alicyclic amines) is 1. The number of hydrogen-bond donors (Lipinski definition) is 4. The number of anilines is 3. The fourth-order valence-corrected chi connectivity index (χ4v) is 10.8. The smallest absolute Gasteiger partial charge is 0.410 e. The van der Waals surface area contributed by atoms with Gasteiger partial charge in [0.15, 0.2) is 21.4 Å². The number of hydrogen-bond acceptors (Lipinski definition) is 16. The number of carbonyl (C=O) groups is 5. The van der Waals surface area contributed by atoms with Gasteiger partial charge in [-0.1, -0.05) is 19.3 Å². The molecule has 1 aliphatic carbocycles. The Morgan fingerprint density at radius 3 is 2.19 bits per heavy atom. The lowest BCUT2D eigenvalue weighted by atomic mass is 9.83. The Bertz CT molecular complexity index is 2790. The van der Waals surface area contributed by atoms with Crippen LogP contribution in [0, 0.1) is 25.7 Å². The van der Waals surface area contributed by atoms with E-state index in [0.29, 0.717) is 54.4 Å². The van der Waals surface area contributed by atoms with E-state index in [1.165, 1.54) is 42.5 Å². The number of benzene rings is 1. The van der Waals surface area contributed by atoms with E-state index in [9.17, 15) is 32.4 Å². The van der Waals surface area contributed by atoms with Crippen LogP contribution in [0.4, 0.5) is 22.4 Å². The number of carbonyl (C=O) groups excluding carboxylic acids is 5. The van der Waals surface area contributed by atoms with Gasteiger partial charge in [-0.3, -0.25) is 29.2 Å². The zero-order chi connectivity index (χ0) is 53.2. The molecule has 4 aromatic rings. The number of aromatic nitrogens is 6. The Kier molecular flexibility index (Phi) is 16.3. The maximum Gasteiger partial charge on any atom is 0.410 e. The maximum absolute atomic E-state index is 14.5. The van der Waals surface area contributed by atoms with Crippen molar-refractivity contribution in [1.29, 1.82) is 0 Å². The summed E-state index contributed by atoms with van der Waals surface area (Å²) in [4.78, 5) is 90.3. The van der Waals surface area contributed by atoms with Crippen LogP contribution in [0.3, 0.4) is 0 Å². The summed E-state index contributed by atoms with van der Waals surface area (Å²) in [6.07, 6.45) is 9.51. The minimum absolute atomic E-state index is 0.0502. The molecule has 1 saturated carbocycles. The molecular weight excluding hydrogens is 957 g/mol. The van der Waals surface area contributed by atoms with Gasteiger partial charge in [-0.05, 0) is 119 Å². The number of amides is 4. The number of ether oxygens (including phenoxy) is 2. The predicted octanol–water partition coefficient (Wildman–Crippen LogP) is 5.98. The molecule has 3 fully saturated rings. The SMILES string of the molecule is CC(=O)[C@@H]1C[C@H](NC(=O)c2cnc(N3CCC(COc4cc5ncnc(Nc6n[nH]c(C)c6C)c5cc4S(=O)(=O)C(C)(C)C)CC3)nc2)CN1C(=O)[C@@H](NC(=O)[C@H](C)N(C)C(=O)OC(C)(C)C)C1CCCCC1. The number of ketones is 1. The third kappa shape index (κ3) is 12.5. The minimum atomic E-state index is -3.88. The van der Waals surface area contributed by atoms with Gasteiger partial charge >= 0.3 is 6.09 Å². The molecule has 2 aliphatic heterocycles. The molecular formula is C51H72N12O9S. The van der Waals surface area contributed by atoms with Crippen LogP contribution >= 0.6 is 0 Å². The Balaban J connectivity index is 0.962. The van der Waals surface area contributed by atoms with Gasteiger partial charge < -0.3 is 35.2 Å². The van der Waals surface area contributed by atoms with Crippen molar-refractivity contribution in [2.75, 3.05) is 43.5 Å². The van der Waals surface area contributed by atoms with Gasteiger partial charge in [-0.25, -0.2) is 33.1 Å². The van der Waals surface area contributed by atoms with Crippen LogP contribution in [0.1, 0.15) is 128 Å². The average molecular weight is 1030 g/mol. The van der Waals surface area contributed by atoms with Gasteiger partial charge in [0.2, 0.25) is 17.8 Å². The molecule has 4 N–H and O–H groups in total. The molecule has 22 heteroatoms. The van der Waals surface area contributed by atoms with E-state index in [-0.39, 0.29) is 53.4 Å². The van der Waals surface area contributed by atoms with Crippen LogP contribution < -0.4 is 25.6 Å². The number of H-pyrrole nitrogens is 1. The van der Waals surface area contributed by atoms with Crippen molar-refractivity contribution in [2.24, 2.45) is 11.8 Å². The largest absolute Gasteiger partial charge is 0.492 e. The fourth-order valence-electron chi connectivity index (χ4n) is 9.45. The van der Waals surface area contributed by atoms with Crippen LogP contribution in [-0.2, 0) is 29.0 Å². The second kappa shape index (κ2) is 21.9. The zero-order valence-electron chi connectivity index (χ0n) is 44.0. The van der Waals surface area contributed by atoms with Gasteiger partial charge in [-0.2, -0.15) is 5.10 Å². The second-order valence-corrected chi connectivity index (χ2v) is 24.5. The molecule has 7 rings (SSSR count).